The standard InChI is InChI=1S/C34H40N4O3S/c1-3-5-17-31-35-34(20-11-12-21-34)33(40)38(31)23-25-18-19-28(27(22-25)24-41-4-2)29-15-9-10-16-30(29)36-42-37-32(39)26-13-7-6-8-14-26/h6-10,13-16,18-19,22,36H,3-5,11-12,17,20-21,23-24H2,1-2H3,(H,37,39). The molecule has 1 saturated carbocycles. The van der Waals surface area contributed by atoms with Crippen LogP contribution in [-0.2, 0) is 22.7 Å². The SMILES string of the molecule is CCCCC1=NC2(CCCC2)C(=O)N1Cc1ccc(-c2ccccc2NSNC(=O)c2ccccc2)c(COCC)c1. The molecule has 0 bridgehead atoms. The second-order valence-corrected chi connectivity index (χ2v) is 11.5. The van der Waals surface area contributed by atoms with Gasteiger partial charge in [-0.05, 0) is 61.1 Å². The van der Waals surface area contributed by atoms with Crippen molar-refractivity contribution >= 4 is 35.5 Å². The lowest BCUT2D eigenvalue weighted by atomic mass is 9.95. The van der Waals surface area contributed by atoms with E-state index in [0.29, 0.717) is 25.3 Å². The number of unbranched alkanes of at least 4 members (excludes halogenated alkanes) is 1. The Morgan fingerprint density at radius 2 is 1.76 bits per heavy atom. The zero-order chi connectivity index (χ0) is 29.4. The van der Waals surface area contributed by atoms with E-state index in [1.165, 1.54) is 0 Å². The Hall–Kier alpha value is -3.62. The number of hydrogen-bond donors (Lipinski definition) is 2. The number of aliphatic imine (C=N–C) groups is 1. The summed E-state index contributed by atoms with van der Waals surface area (Å²) in [6, 6.07) is 23.6. The highest BCUT2D eigenvalue weighted by Crippen LogP contribution is 2.40. The average molecular weight is 585 g/mol. The lowest BCUT2D eigenvalue weighted by Crippen LogP contribution is -2.40. The molecule has 1 spiro atoms. The molecule has 7 nitrogen and oxygen atoms in total. The zero-order valence-electron chi connectivity index (χ0n) is 24.5. The number of ether oxygens (including phenoxy) is 1. The highest BCUT2D eigenvalue weighted by atomic mass is 32.2. The molecule has 8 heteroatoms. The van der Waals surface area contributed by atoms with Gasteiger partial charge in [-0.25, -0.2) is 0 Å². The first-order valence-corrected chi connectivity index (χ1v) is 15.8. The zero-order valence-corrected chi connectivity index (χ0v) is 25.3. The molecule has 3 aromatic rings. The second-order valence-electron chi connectivity index (χ2n) is 10.9. The molecule has 1 aliphatic heterocycles. The quantitative estimate of drug-likeness (QED) is 0.203. The number of benzene rings is 3. The molecule has 0 saturated heterocycles. The molecule has 1 aliphatic carbocycles. The fraction of sp³-hybridized carbons (Fsp3) is 0.382. The summed E-state index contributed by atoms with van der Waals surface area (Å²) < 4.78 is 12.1. The van der Waals surface area contributed by atoms with E-state index in [0.717, 1.165) is 90.9 Å². The van der Waals surface area contributed by atoms with Gasteiger partial charge in [0.15, 0.2) is 0 Å². The largest absolute Gasteiger partial charge is 0.377 e. The minimum absolute atomic E-state index is 0.162. The second kappa shape index (κ2) is 14.0. The Balaban J connectivity index is 1.36. The lowest BCUT2D eigenvalue weighted by Gasteiger charge is -2.23. The number of para-hydroxylation sites is 1. The third-order valence-electron chi connectivity index (χ3n) is 8.01. The third-order valence-corrected chi connectivity index (χ3v) is 8.62. The van der Waals surface area contributed by atoms with Gasteiger partial charge in [0.25, 0.3) is 11.8 Å². The first-order chi connectivity index (χ1) is 20.5. The van der Waals surface area contributed by atoms with E-state index in [1.807, 2.05) is 48.2 Å². The van der Waals surface area contributed by atoms with Gasteiger partial charge in [0.1, 0.15) is 11.4 Å². The van der Waals surface area contributed by atoms with Gasteiger partial charge in [0, 0.05) is 24.2 Å². The van der Waals surface area contributed by atoms with Crippen molar-refractivity contribution in [1.29, 1.82) is 0 Å². The maximum absolute atomic E-state index is 13.7. The number of amides is 2. The molecule has 0 radical (unpaired) electrons. The summed E-state index contributed by atoms with van der Waals surface area (Å²) >= 11 is 1.14. The summed E-state index contributed by atoms with van der Waals surface area (Å²) in [6.07, 6.45) is 6.80. The topological polar surface area (TPSA) is 83.0 Å². The maximum Gasteiger partial charge on any atom is 0.262 e. The molecule has 2 N–H and O–H groups in total. The van der Waals surface area contributed by atoms with Crippen molar-refractivity contribution in [1.82, 2.24) is 9.62 Å². The normalized spacial score (nSPS) is 15.7. The van der Waals surface area contributed by atoms with Gasteiger partial charge in [0.2, 0.25) is 0 Å². The van der Waals surface area contributed by atoms with Gasteiger partial charge in [0.05, 0.1) is 31.0 Å². The molecule has 2 aliphatic rings. The number of amidine groups is 1. The predicted octanol–water partition coefficient (Wildman–Crippen LogP) is 7.54. The van der Waals surface area contributed by atoms with E-state index in [-0.39, 0.29) is 11.8 Å². The maximum atomic E-state index is 13.7. The van der Waals surface area contributed by atoms with Gasteiger partial charge >= 0.3 is 0 Å². The van der Waals surface area contributed by atoms with Crippen molar-refractivity contribution in [3.63, 3.8) is 0 Å². The molecule has 3 aromatic carbocycles. The number of anilines is 1. The van der Waals surface area contributed by atoms with Gasteiger partial charge in [-0.3, -0.25) is 24.2 Å². The summed E-state index contributed by atoms with van der Waals surface area (Å²) in [7, 11) is 0. The average Bonchev–Trinajstić information content (AvgIpc) is 3.60. The van der Waals surface area contributed by atoms with Crippen LogP contribution in [-0.4, -0.2) is 34.7 Å². The van der Waals surface area contributed by atoms with E-state index in [9.17, 15) is 9.59 Å². The smallest absolute Gasteiger partial charge is 0.262 e. The molecule has 0 atom stereocenters. The predicted molar refractivity (Wildman–Crippen MR) is 171 cm³/mol. The van der Waals surface area contributed by atoms with Crippen LogP contribution in [0.2, 0.25) is 0 Å². The van der Waals surface area contributed by atoms with Crippen LogP contribution >= 0.6 is 12.1 Å². The molecule has 220 valence electrons. The Kier molecular flexibility index (Phi) is 9.97. The number of rotatable bonds is 13. The Labute approximate surface area is 253 Å². The van der Waals surface area contributed by atoms with Crippen LogP contribution in [0.5, 0.6) is 0 Å². The van der Waals surface area contributed by atoms with Crippen LogP contribution in [0.15, 0.2) is 77.8 Å². The van der Waals surface area contributed by atoms with E-state index in [2.05, 4.69) is 40.6 Å². The van der Waals surface area contributed by atoms with Crippen LogP contribution in [0.1, 0.15) is 80.3 Å². The number of carbonyl (C=O) groups excluding carboxylic acids is 2. The fourth-order valence-electron chi connectivity index (χ4n) is 5.80. The minimum Gasteiger partial charge on any atom is -0.377 e. The Morgan fingerprint density at radius 3 is 2.52 bits per heavy atom. The lowest BCUT2D eigenvalue weighted by molar-refractivity contribution is -0.131. The van der Waals surface area contributed by atoms with Crippen LogP contribution in [0.4, 0.5) is 5.69 Å². The van der Waals surface area contributed by atoms with Crippen LogP contribution in [0.3, 0.4) is 0 Å². The van der Waals surface area contributed by atoms with Crippen molar-refractivity contribution in [2.75, 3.05) is 11.3 Å². The summed E-state index contributed by atoms with van der Waals surface area (Å²) in [5.41, 5.74) is 5.13. The molecule has 1 heterocycles. The monoisotopic (exact) mass is 584 g/mol. The molecule has 2 amide bonds. The van der Waals surface area contributed by atoms with Crippen molar-refractivity contribution < 1.29 is 14.3 Å². The van der Waals surface area contributed by atoms with E-state index >= 15 is 0 Å². The van der Waals surface area contributed by atoms with Crippen LogP contribution in [0, 0.1) is 0 Å². The van der Waals surface area contributed by atoms with Gasteiger partial charge < -0.3 is 9.46 Å². The number of hydrogen-bond acceptors (Lipinski definition) is 6. The highest BCUT2D eigenvalue weighted by molar-refractivity contribution is 7.99. The van der Waals surface area contributed by atoms with Crippen molar-refractivity contribution in [2.24, 2.45) is 4.99 Å². The molecular formula is C34H40N4O3S. The van der Waals surface area contributed by atoms with Crippen molar-refractivity contribution in [2.45, 2.75) is 77.5 Å². The number of carbonyl (C=O) groups is 2. The van der Waals surface area contributed by atoms with E-state index in [1.54, 1.807) is 12.1 Å². The Bertz CT molecular complexity index is 1420. The van der Waals surface area contributed by atoms with Crippen LogP contribution < -0.4 is 9.44 Å². The Morgan fingerprint density at radius 1 is 1.00 bits per heavy atom. The highest BCUT2D eigenvalue weighted by Gasteiger charge is 2.49. The molecule has 5 rings (SSSR count). The summed E-state index contributed by atoms with van der Waals surface area (Å²) in [5, 5.41) is 0. The first kappa shape index (κ1) is 29.9. The fourth-order valence-corrected chi connectivity index (χ4v) is 6.35. The van der Waals surface area contributed by atoms with Gasteiger partial charge in [-0.15, -0.1) is 0 Å². The summed E-state index contributed by atoms with van der Waals surface area (Å²) in [5.74, 6) is 0.957. The number of nitrogens with zero attached hydrogens (tertiary/aromatic N) is 2. The van der Waals surface area contributed by atoms with Gasteiger partial charge in [-0.2, -0.15) is 0 Å². The molecule has 42 heavy (non-hydrogen) atoms. The summed E-state index contributed by atoms with van der Waals surface area (Å²) in [4.78, 5) is 33.2. The van der Waals surface area contributed by atoms with Crippen molar-refractivity contribution in [3.05, 3.63) is 89.5 Å². The van der Waals surface area contributed by atoms with Crippen LogP contribution in [0.25, 0.3) is 11.1 Å². The molecule has 1 fully saturated rings. The summed E-state index contributed by atoms with van der Waals surface area (Å²) in [6.45, 7) is 5.75. The first-order valence-electron chi connectivity index (χ1n) is 15.0. The van der Waals surface area contributed by atoms with Crippen molar-refractivity contribution in [3.8, 4) is 11.1 Å². The molecule has 0 aromatic heterocycles. The van der Waals surface area contributed by atoms with Gasteiger partial charge in [-0.1, -0.05) is 80.8 Å². The van der Waals surface area contributed by atoms with E-state index < -0.39 is 5.54 Å². The minimum atomic E-state index is -0.532. The van der Waals surface area contributed by atoms with E-state index in [4.69, 9.17) is 9.73 Å². The third kappa shape index (κ3) is 6.71. The molecular weight excluding hydrogens is 544 g/mol. The molecule has 0 unspecified atom stereocenters. The number of nitrogens with one attached hydrogen (secondary N) is 2.